The molecule has 0 atom stereocenters. The number of rotatable bonds is 6. The van der Waals surface area contributed by atoms with Crippen LogP contribution in [-0.4, -0.2) is 44.5 Å². The minimum absolute atomic E-state index is 0.0485. The standard InChI is InChI=1S/C17H15NO6S/c1-23-14-8-4-5-9-15(14)24-25(21,22)11-10-18-16(19)12-6-2-3-7-13(12)17(18)20/h2-9H,10-11H2,1H3. The summed E-state index contributed by atoms with van der Waals surface area (Å²) < 4.78 is 34.4. The topological polar surface area (TPSA) is 90.0 Å². The monoisotopic (exact) mass is 361 g/mol. The first-order chi connectivity index (χ1) is 11.9. The molecule has 130 valence electrons. The molecule has 8 heteroatoms. The van der Waals surface area contributed by atoms with E-state index in [1.165, 1.54) is 25.3 Å². The first kappa shape index (κ1) is 17.0. The number of nitrogens with zero attached hydrogens (tertiary/aromatic N) is 1. The zero-order valence-corrected chi connectivity index (χ0v) is 14.2. The van der Waals surface area contributed by atoms with E-state index in [1.807, 2.05) is 0 Å². The summed E-state index contributed by atoms with van der Waals surface area (Å²) in [5, 5.41) is 0. The van der Waals surface area contributed by atoms with E-state index >= 15 is 0 Å². The Bertz CT molecular complexity index is 903. The van der Waals surface area contributed by atoms with Crippen LogP contribution in [0.25, 0.3) is 0 Å². The van der Waals surface area contributed by atoms with Gasteiger partial charge in [-0.2, -0.15) is 8.42 Å². The van der Waals surface area contributed by atoms with Crippen molar-refractivity contribution in [3.8, 4) is 11.5 Å². The third-order valence-electron chi connectivity index (χ3n) is 3.73. The number of hydrogen-bond acceptors (Lipinski definition) is 6. The molecule has 0 bridgehead atoms. The molecule has 0 N–H and O–H groups in total. The lowest BCUT2D eigenvalue weighted by Gasteiger charge is -2.15. The van der Waals surface area contributed by atoms with Crippen LogP contribution in [0.3, 0.4) is 0 Å². The van der Waals surface area contributed by atoms with Crippen LogP contribution in [0.15, 0.2) is 48.5 Å². The second-order valence-corrected chi connectivity index (χ2v) is 6.99. The Morgan fingerprint density at radius 2 is 1.40 bits per heavy atom. The molecule has 1 heterocycles. The van der Waals surface area contributed by atoms with Gasteiger partial charge in [-0.05, 0) is 24.3 Å². The molecule has 25 heavy (non-hydrogen) atoms. The molecule has 0 unspecified atom stereocenters. The van der Waals surface area contributed by atoms with Crippen LogP contribution in [0.5, 0.6) is 11.5 Å². The molecule has 7 nitrogen and oxygen atoms in total. The number of fused-ring (bicyclic) bond motifs is 1. The molecule has 3 rings (SSSR count). The quantitative estimate of drug-likeness (QED) is 0.575. The zero-order valence-electron chi connectivity index (χ0n) is 13.3. The molecule has 0 radical (unpaired) electrons. The average molecular weight is 361 g/mol. The summed E-state index contributed by atoms with van der Waals surface area (Å²) in [7, 11) is -2.62. The number of imide groups is 1. The van der Waals surface area contributed by atoms with Crippen molar-refractivity contribution in [2.45, 2.75) is 0 Å². The summed E-state index contributed by atoms with van der Waals surface area (Å²) in [6, 6.07) is 12.7. The number of carbonyl (C=O) groups excluding carboxylic acids is 2. The predicted octanol–water partition coefficient (Wildman–Crippen LogP) is 1.70. The van der Waals surface area contributed by atoms with Crippen molar-refractivity contribution in [1.82, 2.24) is 4.90 Å². The van der Waals surface area contributed by atoms with Gasteiger partial charge in [-0.25, -0.2) is 0 Å². The fourth-order valence-corrected chi connectivity index (χ4v) is 3.41. The zero-order chi connectivity index (χ0) is 18.0. The lowest BCUT2D eigenvalue weighted by atomic mass is 10.1. The summed E-state index contributed by atoms with van der Waals surface area (Å²) in [6.45, 7) is -0.288. The van der Waals surface area contributed by atoms with Crippen molar-refractivity contribution < 1.29 is 26.9 Å². The molecule has 0 aromatic heterocycles. The molecule has 0 saturated carbocycles. The fourth-order valence-electron chi connectivity index (χ4n) is 2.51. The summed E-state index contributed by atoms with van der Waals surface area (Å²) in [5.74, 6) is -1.21. The van der Waals surface area contributed by atoms with Crippen LogP contribution in [0, 0.1) is 0 Å². The highest BCUT2D eigenvalue weighted by Gasteiger charge is 2.35. The van der Waals surface area contributed by atoms with Crippen LogP contribution in [0.2, 0.25) is 0 Å². The predicted molar refractivity (Wildman–Crippen MR) is 89.2 cm³/mol. The second kappa shape index (κ2) is 6.56. The van der Waals surface area contributed by atoms with Crippen molar-refractivity contribution >= 4 is 21.9 Å². The van der Waals surface area contributed by atoms with E-state index in [2.05, 4.69) is 0 Å². The number of ether oxygens (including phenoxy) is 1. The van der Waals surface area contributed by atoms with Crippen LogP contribution < -0.4 is 8.92 Å². The van der Waals surface area contributed by atoms with Crippen molar-refractivity contribution in [2.24, 2.45) is 0 Å². The summed E-state index contributed by atoms with van der Waals surface area (Å²) in [6.07, 6.45) is 0. The lowest BCUT2D eigenvalue weighted by Crippen LogP contribution is -2.35. The van der Waals surface area contributed by atoms with E-state index in [0.29, 0.717) is 0 Å². The molecule has 2 aromatic carbocycles. The molecular weight excluding hydrogens is 346 g/mol. The van der Waals surface area contributed by atoms with Gasteiger partial charge in [0, 0.05) is 6.54 Å². The van der Waals surface area contributed by atoms with Crippen molar-refractivity contribution in [1.29, 1.82) is 0 Å². The van der Waals surface area contributed by atoms with Gasteiger partial charge < -0.3 is 8.92 Å². The highest BCUT2D eigenvalue weighted by atomic mass is 32.2. The van der Waals surface area contributed by atoms with Crippen LogP contribution in [0.4, 0.5) is 0 Å². The van der Waals surface area contributed by atoms with Gasteiger partial charge in [0.05, 0.1) is 18.2 Å². The molecule has 0 aliphatic carbocycles. The van der Waals surface area contributed by atoms with Gasteiger partial charge in [-0.1, -0.05) is 24.3 Å². The number of methoxy groups -OCH3 is 1. The molecular formula is C17H15NO6S. The SMILES string of the molecule is COc1ccccc1OS(=O)(=O)CCN1C(=O)c2ccccc2C1=O. The van der Waals surface area contributed by atoms with Gasteiger partial charge in [0.25, 0.3) is 11.8 Å². The number of para-hydroxylation sites is 2. The molecule has 2 aromatic rings. The Labute approximate surface area is 144 Å². The van der Waals surface area contributed by atoms with Gasteiger partial charge in [-0.3, -0.25) is 14.5 Å². The first-order valence-electron chi connectivity index (χ1n) is 7.43. The minimum Gasteiger partial charge on any atom is -0.493 e. The van der Waals surface area contributed by atoms with Gasteiger partial charge in [0.2, 0.25) is 0 Å². The average Bonchev–Trinajstić information content (AvgIpc) is 2.85. The molecule has 2 amide bonds. The largest absolute Gasteiger partial charge is 0.493 e. The first-order valence-corrected chi connectivity index (χ1v) is 9.01. The Balaban J connectivity index is 1.71. The molecule has 0 fully saturated rings. The maximum atomic E-state index is 12.2. The fraction of sp³-hybridized carbons (Fsp3) is 0.176. The highest BCUT2D eigenvalue weighted by molar-refractivity contribution is 7.87. The maximum Gasteiger partial charge on any atom is 0.311 e. The van der Waals surface area contributed by atoms with E-state index in [1.54, 1.807) is 30.3 Å². The van der Waals surface area contributed by atoms with Crippen molar-refractivity contribution in [3.05, 3.63) is 59.7 Å². The van der Waals surface area contributed by atoms with Gasteiger partial charge in [0.15, 0.2) is 11.5 Å². The normalized spacial score (nSPS) is 13.7. The smallest absolute Gasteiger partial charge is 0.311 e. The second-order valence-electron chi connectivity index (χ2n) is 5.30. The maximum absolute atomic E-state index is 12.2. The third-order valence-corrected chi connectivity index (χ3v) is 4.84. The number of carbonyl (C=O) groups is 2. The van der Waals surface area contributed by atoms with E-state index in [4.69, 9.17) is 8.92 Å². The van der Waals surface area contributed by atoms with E-state index in [-0.39, 0.29) is 29.2 Å². The summed E-state index contributed by atoms with van der Waals surface area (Å²) >= 11 is 0. The van der Waals surface area contributed by atoms with Crippen LogP contribution in [0.1, 0.15) is 20.7 Å². The molecule has 0 saturated heterocycles. The van der Waals surface area contributed by atoms with Crippen LogP contribution >= 0.6 is 0 Å². The van der Waals surface area contributed by atoms with E-state index < -0.39 is 27.7 Å². The summed E-state index contributed by atoms with van der Waals surface area (Å²) in [5.41, 5.74) is 0.547. The van der Waals surface area contributed by atoms with Gasteiger partial charge in [-0.15, -0.1) is 0 Å². The Morgan fingerprint density at radius 1 is 0.880 bits per heavy atom. The molecule has 1 aliphatic rings. The van der Waals surface area contributed by atoms with E-state index in [9.17, 15) is 18.0 Å². The lowest BCUT2D eigenvalue weighted by molar-refractivity contribution is 0.0664. The third kappa shape index (κ3) is 3.34. The molecule has 0 spiro atoms. The van der Waals surface area contributed by atoms with Crippen molar-refractivity contribution in [2.75, 3.05) is 19.4 Å². The Hall–Kier alpha value is -2.87. The number of amides is 2. The van der Waals surface area contributed by atoms with Gasteiger partial charge in [0.1, 0.15) is 5.75 Å². The highest BCUT2D eigenvalue weighted by Crippen LogP contribution is 2.27. The van der Waals surface area contributed by atoms with E-state index in [0.717, 1.165) is 4.90 Å². The summed E-state index contributed by atoms with van der Waals surface area (Å²) in [4.78, 5) is 25.4. The van der Waals surface area contributed by atoms with Gasteiger partial charge >= 0.3 is 10.1 Å². The van der Waals surface area contributed by atoms with Crippen LogP contribution in [-0.2, 0) is 10.1 Å². The number of hydrogen-bond donors (Lipinski definition) is 0. The molecule has 1 aliphatic heterocycles. The van der Waals surface area contributed by atoms with Crippen molar-refractivity contribution in [3.63, 3.8) is 0 Å². The Kier molecular flexibility index (Phi) is 4.45. The number of benzene rings is 2. The Morgan fingerprint density at radius 3 is 1.96 bits per heavy atom. The minimum atomic E-state index is -4.01.